The minimum atomic E-state index is -3.26. The van der Waals surface area contributed by atoms with Crippen molar-refractivity contribution in [2.75, 3.05) is 67.0 Å². The van der Waals surface area contributed by atoms with Crippen LogP contribution < -0.4 is 0 Å². The van der Waals surface area contributed by atoms with E-state index in [1.165, 1.54) is 4.90 Å². The Labute approximate surface area is 653 Å². The van der Waals surface area contributed by atoms with E-state index in [-0.39, 0.29) is 54.6 Å². The van der Waals surface area contributed by atoms with Crippen molar-refractivity contribution in [2.45, 2.75) is 73.0 Å². The van der Waals surface area contributed by atoms with Gasteiger partial charge in [-0.2, -0.15) is 0 Å². The Morgan fingerprint density at radius 3 is 0.955 bits per heavy atom. The lowest BCUT2D eigenvalue weighted by Crippen LogP contribution is -2.50. The van der Waals surface area contributed by atoms with Gasteiger partial charge in [-0.1, -0.05) is 195 Å². The number of ketones is 5. The van der Waals surface area contributed by atoms with Crippen LogP contribution in [-0.2, 0) is 40.2 Å². The monoisotopic (exact) mass is 1550 g/mol. The number of benzene rings is 10. The standard InChI is InChI=1S/C20H24O5Si.C19H17NO2.C19H20O2Si.C17H18O3Si.C16H16O3Si/c1-4-22-26(23-5-2,24-6-3)25-14-17-13-16-11-7-9-15-10-8-12-18(19(15)16)20(17)21;1-12(2)19(22)20(3)11-15-10-14-8-4-6-13-7-5-9-16(17(13)14)18(15)21;1-4-11-22(2,3)21-13-16-12-15-9-5-7-14-8-6-10-17(18(14)15)19(16)20;1-19-21(2,3)20-11-14-10-13-8-4-6-12-7-5-9-15(16(12)13)17(14)18;1-20(2,18)19-10-13-9-12-7-3-5-11-6-4-8-14(15(11)12)16(13)17/h7-13H,4-6,14H2,1-3H3;4-10H,1,11H2,2-3H3;4-10,12H,1,11,13H2,2-3H3;4-10H,11H2,1-3H3;3-9,18H,10H2,1-2H3. The van der Waals surface area contributed by atoms with Crippen molar-refractivity contribution in [3.8, 4) is 0 Å². The van der Waals surface area contributed by atoms with Gasteiger partial charge in [-0.3, -0.25) is 28.8 Å². The lowest BCUT2D eigenvalue weighted by molar-refractivity contribution is -0.125. The Kier molecular flexibility index (Phi) is 26.3. The number of likely N-dealkylation sites (N-methyl/N-ethyl adjacent to an activating group) is 1. The van der Waals surface area contributed by atoms with E-state index < -0.39 is 34.5 Å². The maximum absolute atomic E-state index is 12.9. The van der Waals surface area contributed by atoms with Crippen molar-refractivity contribution in [1.29, 1.82) is 0 Å². The maximum atomic E-state index is 12.9. The highest BCUT2D eigenvalue weighted by atomic mass is 28.4. The van der Waals surface area contributed by atoms with E-state index in [4.69, 9.17) is 35.4 Å². The molecule has 20 heteroatoms. The molecule has 0 heterocycles. The van der Waals surface area contributed by atoms with Gasteiger partial charge in [-0.25, -0.2) is 0 Å². The van der Waals surface area contributed by atoms with E-state index in [1.807, 2.05) is 246 Å². The van der Waals surface area contributed by atoms with Crippen LogP contribution in [0.1, 0.15) is 107 Å². The minimum Gasteiger partial charge on any atom is -0.413 e. The molecule has 5 aliphatic rings. The SMILES string of the molecule is C=C(C)C(=O)N(C)CC1=Cc2cccc3cccc(c23)C1=O.C=CC[Si](C)(C)OCC1=Cc2cccc3cccc(c23)C1=O.CCO[Si](OCC)(OCC)OCC1=Cc2cccc3cccc(c23)C1=O.CO[Si](C)(C)OCC1=Cc2cccc3cccc(c23)C1=O.C[Si](C)(O)OCC1=Cc2cccc3cccc(c23)C1=O. The van der Waals surface area contributed by atoms with Crippen LogP contribution in [0.15, 0.2) is 235 Å². The number of amides is 1. The first-order valence-corrected chi connectivity index (χ1v) is 47.7. The molecule has 1 N–H and O–H groups in total. The summed E-state index contributed by atoms with van der Waals surface area (Å²) < 4.78 is 45.8. The molecule has 0 spiro atoms. The van der Waals surface area contributed by atoms with Crippen LogP contribution in [0.25, 0.3) is 84.2 Å². The van der Waals surface area contributed by atoms with Gasteiger partial charge in [0.25, 0.3) is 0 Å². The van der Waals surface area contributed by atoms with Crippen LogP contribution in [0.2, 0.25) is 45.3 Å². The summed E-state index contributed by atoms with van der Waals surface area (Å²) in [4.78, 5) is 86.7. The molecule has 0 saturated carbocycles. The van der Waals surface area contributed by atoms with Crippen molar-refractivity contribution in [3.63, 3.8) is 0 Å². The van der Waals surface area contributed by atoms with Crippen molar-refractivity contribution >= 4 is 154 Å². The number of nitrogens with zero attached hydrogens (tertiary/aromatic N) is 1. The molecule has 0 radical (unpaired) electrons. The molecule has 111 heavy (non-hydrogen) atoms. The normalized spacial score (nSPS) is 14.0. The van der Waals surface area contributed by atoms with Crippen LogP contribution in [-0.4, -0.2) is 146 Å². The number of hydrogen-bond acceptors (Lipinski definition) is 15. The van der Waals surface area contributed by atoms with Crippen LogP contribution >= 0.6 is 0 Å². The molecule has 0 fully saturated rings. The molecular weight excluding hydrogens is 1460 g/mol. The number of carbonyl (C=O) groups excluding carboxylic acids is 6. The zero-order valence-electron chi connectivity index (χ0n) is 65.2. The molecule has 0 unspecified atom stereocenters. The lowest BCUT2D eigenvalue weighted by Gasteiger charge is -2.27. The Morgan fingerprint density at radius 1 is 0.405 bits per heavy atom. The second kappa shape index (κ2) is 35.6. The Balaban J connectivity index is 0.000000138. The highest BCUT2D eigenvalue weighted by molar-refractivity contribution is 6.71. The van der Waals surface area contributed by atoms with Gasteiger partial charge in [0.1, 0.15) is 0 Å². The molecule has 10 aromatic carbocycles. The summed E-state index contributed by atoms with van der Waals surface area (Å²) in [6.45, 7) is 28.8. The molecular formula is C91H95NO15Si4. The molecule has 1 amide bonds. The van der Waals surface area contributed by atoms with Crippen molar-refractivity contribution in [3.05, 3.63) is 290 Å². The molecule has 15 rings (SSSR count). The van der Waals surface area contributed by atoms with Crippen LogP contribution in [0.3, 0.4) is 0 Å². The second-order valence-electron chi connectivity index (χ2n) is 28.9. The van der Waals surface area contributed by atoms with E-state index in [0.29, 0.717) is 72.0 Å². The molecule has 5 aliphatic carbocycles. The maximum Gasteiger partial charge on any atom is 0.679 e. The van der Waals surface area contributed by atoms with Gasteiger partial charge < -0.3 is 45.1 Å². The van der Waals surface area contributed by atoms with Gasteiger partial charge >= 0.3 is 26.2 Å². The highest BCUT2D eigenvalue weighted by Gasteiger charge is 2.46. The zero-order chi connectivity index (χ0) is 79.5. The lowest BCUT2D eigenvalue weighted by atomic mass is 9.88. The molecule has 0 aromatic heterocycles. The molecule has 0 atom stereocenters. The predicted molar refractivity (Wildman–Crippen MR) is 455 cm³/mol. The first kappa shape index (κ1) is 82.0. The van der Waals surface area contributed by atoms with E-state index in [9.17, 15) is 33.6 Å². The predicted octanol–water partition coefficient (Wildman–Crippen LogP) is 19.2. The quantitative estimate of drug-likeness (QED) is 0.0340. The number of allylic oxidation sites excluding steroid dienone is 1. The average Bonchev–Trinajstić information content (AvgIpc) is 0.791. The number of carbonyl (C=O) groups is 6. The summed E-state index contributed by atoms with van der Waals surface area (Å²) in [6, 6.07) is 60.1. The smallest absolute Gasteiger partial charge is 0.413 e. The number of Topliss-reactive ketones (excluding diaryl/α,β-unsaturated/α-hetero) is 5. The van der Waals surface area contributed by atoms with Crippen molar-refractivity contribution < 1.29 is 69.0 Å². The molecule has 570 valence electrons. The third-order valence-electron chi connectivity index (χ3n) is 19.4. The second-order valence-corrected chi connectivity index (χ2v) is 42.0. The van der Waals surface area contributed by atoms with E-state index >= 15 is 0 Å². The highest BCUT2D eigenvalue weighted by Crippen LogP contribution is 2.38. The topological polar surface area (TPSA) is 200 Å². The summed E-state index contributed by atoms with van der Waals surface area (Å²) in [5, 5.41) is 10.5. The van der Waals surface area contributed by atoms with Gasteiger partial charge in [-0.05, 0) is 158 Å². The summed E-state index contributed by atoms with van der Waals surface area (Å²) in [7, 11) is -6.46. The molecule has 0 bridgehead atoms. The molecule has 10 aromatic rings. The van der Waals surface area contributed by atoms with Crippen LogP contribution in [0, 0.1) is 0 Å². The minimum absolute atomic E-state index is 0.00690. The van der Waals surface area contributed by atoms with Gasteiger partial charge in [0.15, 0.2) is 37.2 Å². The van der Waals surface area contributed by atoms with Crippen molar-refractivity contribution in [1.82, 2.24) is 4.90 Å². The van der Waals surface area contributed by atoms with Gasteiger partial charge in [0.05, 0.1) is 26.4 Å². The van der Waals surface area contributed by atoms with Gasteiger partial charge in [0.2, 0.25) is 5.91 Å². The third kappa shape index (κ3) is 19.0. The zero-order valence-corrected chi connectivity index (χ0v) is 69.2. The van der Waals surface area contributed by atoms with Crippen LogP contribution in [0.5, 0.6) is 0 Å². The molecule has 16 nitrogen and oxygen atoms in total. The Hall–Kier alpha value is -9.99. The summed E-state index contributed by atoms with van der Waals surface area (Å²) in [6.07, 6.45) is 11.5. The third-order valence-corrected chi connectivity index (χ3v) is 26.7. The Morgan fingerprint density at radius 2 is 0.676 bits per heavy atom. The summed E-state index contributed by atoms with van der Waals surface area (Å²) >= 11 is 0. The fraction of sp³-hybridized carbons (Fsp3) is 0.231. The number of hydrogen-bond donors (Lipinski definition) is 1. The van der Waals surface area contributed by atoms with E-state index in [2.05, 4.69) is 32.3 Å². The summed E-state index contributed by atoms with van der Waals surface area (Å²) in [5.74, 6) is -0.0430. The fourth-order valence-electron chi connectivity index (χ4n) is 13.9. The van der Waals surface area contributed by atoms with Gasteiger partial charge in [0, 0.05) is 129 Å². The largest absolute Gasteiger partial charge is 0.679 e. The molecule has 0 aliphatic heterocycles. The van der Waals surface area contributed by atoms with E-state index in [0.717, 1.165) is 110 Å². The fourth-order valence-corrected chi connectivity index (χ4v) is 18.3. The molecule has 0 saturated heterocycles. The summed E-state index contributed by atoms with van der Waals surface area (Å²) in [5.41, 5.74) is 12.7. The average molecular weight is 1560 g/mol. The Bertz CT molecular complexity index is 5460. The van der Waals surface area contributed by atoms with Crippen molar-refractivity contribution in [2.24, 2.45) is 0 Å². The van der Waals surface area contributed by atoms with E-state index in [1.54, 1.807) is 34.2 Å². The van der Waals surface area contributed by atoms with Crippen LogP contribution in [0.4, 0.5) is 0 Å². The van der Waals surface area contributed by atoms with Gasteiger partial charge in [-0.15, -0.1) is 6.58 Å². The number of rotatable bonds is 24. The first-order valence-electron chi connectivity index (χ1n) is 37.2. The first-order chi connectivity index (χ1) is 53.1.